The molecule has 3 aromatic rings. The molecule has 7 rings (SSSR count). The number of hydrogen-bond donors (Lipinski definition) is 3. The lowest BCUT2D eigenvalue weighted by Gasteiger charge is -2.39. The highest BCUT2D eigenvalue weighted by atomic mass is 35.5. The van der Waals surface area contributed by atoms with E-state index in [1.165, 1.54) is 24.2 Å². The van der Waals surface area contributed by atoms with E-state index in [1.807, 2.05) is 11.0 Å². The van der Waals surface area contributed by atoms with E-state index in [1.54, 1.807) is 24.4 Å². The van der Waals surface area contributed by atoms with Crippen LogP contribution in [0.5, 0.6) is 5.75 Å². The molecule has 0 radical (unpaired) electrons. The van der Waals surface area contributed by atoms with Crippen molar-refractivity contribution in [2.24, 2.45) is 0 Å². The molecule has 4 heterocycles. The molecule has 4 aliphatic rings. The predicted molar refractivity (Wildman–Crippen MR) is 216 cm³/mol. The molecule has 1 unspecified atom stereocenters. The second kappa shape index (κ2) is 18.5. The van der Waals surface area contributed by atoms with Crippen LogP contribution in [0.4, 0.5) is 15.9 Å². The summed E-state index contributed by atoms with van der Waals surface area (Å²) in [6.07, 6.45) is 10.2. The van der Waals surface area contributed by atoms with Crippen molar-refractivity contribution in [3.8, 4) is 11.8 Å². The van der Waals surface area contributed by atoms with Crippen LogP contribution in [0.1, 0.15) is 101 Å². The molecule has 310 valence electrons. The lowest BCUT2D eigenvalue weighted by Crippen LogP contribution is -2.53. The van der Waals surface area contributed by atoms with Crippen molar-refractivity contribution < 1.29 is 33.1 Å². The van der Waals surface area contributed by atoms with Gasteiger partial charge in [0.1, 0.15) is 35.2 Å². The topological polar surface area (TPSA) is 190 Å². The number of amides is 4. The molecule has 15 nitrogen and oxygen atoms in total. The number of rotatable bonds is 11. The van der Waals surface area contributed by atoms with Gasteiger partial charge in [0.2, 0.25) is 11.8 Å². The largest absolute Gasteiger partial charge is 0.490 e. The molecule has 59 heavy (non-hydrogen) atoms. The van der Waals surface area contributed by atoms with Gasteiger partial charge in [0.05, 0.1) is 40.3 Å². The zero-order chi connectivity index (χ0) is 41.6. The number of aromatic nitrogens is 2. The first-order chi connectivity index (χ1) is 28.5. The fourth-order valence-corrected chi connectivity index (χ4v) is 8.63. The fraction of sp³-hybridized carbons (Fsp3) is 0.476. The van der Waals surface area contributed by atoms with E-state index in [0.29, 0.717) is 41.8 Å². The smallest absolute Gasteiger partial charge is 0.271 e. The summed E-state index contributed by atoms with van der Waals surface area (Å²) in [5.41, 5.74) is 0.808. The number of benzene rings is 2. The van der Waals surface area contributed by atoms with Crippen LogP contribution in [-0.4, -0.2) is 108 Å². The van der Waals surface area contributed by atoms with Crippen molar-refractivity contribution >= 4 is 53.0 Å². The fourth-order valence-electron chi connectivity index (χ4n) is 8.42. The molecular formula is C42H47ClFN9O6. The second-order valence-electron chi connectivity index (χ2n) is 15.7. The molecule has 4 fully saturated rings. The van der Waals surface area contributed by atoms with Crippen molar-refractivity contribution in [3.05, 3.63) is 75.9 Å². The van der Waals surface area contributed by atoms with E-state index in [9.17, 15) is 24.0 Å². The van der Waals surface area contributed by atoms with Crippen LogP contribution < -0.4 is 30.5 Å². The minimum atomic E-state index is -0.873. The van der Waals surface area contributed by atoms with Crippen molar-refractivity contribution in [1.82, 2.24) is 30.8 Å². The maximum absolute atomic E-state index is 15.3. The molecule has 3 aliphatic heterocycles. The Morgan fingerprint density at radius 2 is 1.64 bits per heavy atom. The number of carbonyl (C=O) groups excluding carboxylic acids is 5. The highest BCUT2D eigenvalue weighted by Gasteiger charge is 2.34. The number of carbonyl (C=O) groups is 5. The highest BCUT2D eigenvalue weighted by molar-refractivity contribution is 6.31. The molecule has 1 aliphatic carbocycles. The van der Waals surface area contributed by atoms with Gasteiger partial charge in [-0.1, -0.05) is 11.6 Å². The number of hydrogen-bond acceptors (Lipinski definition) is 12. The van der Waals surface area contributed by atoms with Gasteiger partial charge >= 0.3 is 0 Å². The molecule has 0 bridgehead atoms. The van der Waals surface area contributed by atoms with Gasteiger partial charge in [0.15, 0.2) is 6.29 Å². The SMILES string of the molecule is CN(C(=O)c1cc(N2CCC(NC3CCN(c4cnc(C(=O)N[C@H]5CC[C@H](Oc6ccc(C#N)c(Cl)c6)CC5)cn4)CC3)CC2)c(F)cc1C=O)C1CCC(=O)NC1=O. The molecule has 2 aromatic carbocycles. The number of aldehydes is 1. The lowest BCUT2D eigenvalue weighted by molar-refractivity contribution is -0.136. The van der Waals surface area contributed by atoms with E-state index in [0.717, 1.165) is 76.3 Å². The van der Waals surface area contributed by atoms with E-state index in [2.05, 4.69) is 30.8 Å². The van der Waals surface area contributed by atoms with Gasteiger partial charge in [-0.3, -0.25) is 29.3 Å². The number of ether oxygens (including phenoxy) is 1. The molecule has 17 heteroatoms. The number of anilines is 2. The Morgan fingerprint density at radius 1 is 0.949 bits per heavy atom. The first-order valence-electron chi connectivity index (χ1n) is 20.1. The Labute approximate surface area is 346 Å². The average Bonchev–Trinajstić information content (AvgIpc) is 3.24. The molecule has 3 saturated heterocycles. The number of imide groups is 1. The molecule has 1 saturated carbocycles. The Bertz CT molecular complexity index is 2110. The van der Waals surface area contributed by atoms with Crippen LogP contribution >= 0.6 is 11.6 Å². The van der Waals surface area contributed by atoms with Gasteiger partial charge in [-0.2, -0.15) is 5.26 Å². The first kappa shape index (κ1) is 41.5. The summed E-state index contributed by atoms with van der Waals surface area (Å²) < 4.78 is 21.4. The van der Waals surface area contributed by atoms with Gasteiger partial charge in [0, 0.05) is 69.4 Å². The van der Waals surface area contributed by atoms with Crippen LogP contribution in [0.25, 0.3) is 0 Å². The molecule has 1 atom stereocenters. The third-order valence-electron chi connectivity index (χ3n) is 11.8. The average molecular weight is 828 g/mol. The van der Waals surface area contributed by atoms with Crippen LogP contribution in [0, 0.1) is 17.1 Å². The van der Waals surface area contributed by atoms with E-state index in [4.69, 9.17) is 21.6 Å². The van der Waals surface area contributed by atoms with Crippen LogP contribution in [0.15, 0.2) is 42.7 Å². The van der Waals surface area contributed by atoms with Crippen molar-refractivity contribution in [3.63, 3.8) is 0 Å². The quantitative estimate of drug-likeness (QED) is 0.185. The number of nitrogens with one attached hydrogen (secondary N) is 3. The normalized spacial score (nSPS) is 21.6. The Kier molecular flexibility index (Phi) is 13.0. The number of likely N-dealkylation sites (N-methyl/N-ethyl adjacent to an activating group) is 1. The predicted octanol–water partition coefficient (Wildman–Crippen LogP) is 4.18. The molecule has 3 N–H and O–H groups in total. The lowest BCUT2D eigenvalue weighted by atomic mass is 9.93. The minimum Gasteiger partial charge on any atom is -0.490 e. The maximum Gasteiger partial charge on any atom is 0.271 e. The third kappa shape index (κ3) is 9.80. The van der Waals surface area contributed by atoms with Gasteiger partial charge in [0.25, 0.3) is 11.8 Å². The van der Waals surface area contributed by atoms with E-state index >= 15 is 4.39 Å². The summed E-state index contributed by atoms with van der Waals surface area (Å²) in [5, 5.41) is 18.5. The summed E-state index contributed by atoms with van der Waals surface area (Å²) in [6.45, 7) is 2.64. The standard InChI is InChI=1S/C42H47ClFN9O6/c1-51(36-8-9-39(55)50-41(36)57)42(58)32-20-37(34(44)18-26(32)24-54)52-14-10-28(11-15-52)48-29-12-16-53(17-13-29)38-23-46-35(22-47-38)40(56)49-27-3-6-30(7-4-27)59-31-5-2-25(21-45)33(43)19-31/h2,5,18-20,22-24,27-30,36,48H,3-4,6-17H2,1H3,(H,49,56)(H,50,55,57)/t27-,30-,36?. The van der Waals surface area contributed by atoms with E-state index < -0.39 is 29.6 Å². The zero-order valence-electron chi connectivity index (χ0n) is 32.8. The van der Waals surface area contributed by atoms with Crippen molar-refractivity contribution in [2.45, 2.75) is 94.5 Å². The molecule has 4 amide bonds. The molecule has 1 aromatic heterocycles. The van der Waals surface area contributed by atoms with Gasteiger partial charge in [-0.15, -0.1) is 0 Å². The van der Waals surface area contributed by atoms with Crippen molar-refractivity contribution in [1.29, 1.82) is 5.26 Å². The number of halogens is 2. The first-order valence-corrected chi connectivity index (χ1v) is 20.5. The number of nitrogens with zero attached hydrogens (tertiary/aromatic N) is 6. The minimum absolute atomic E-state index is 0.00180. The summed E-state index contributed by atoms with van der Waals surface area (Å²) in [5.74, 6) is -1.08. The van der Waals surface area contributed by atoms with Gasteiger partial charge in [-0.25, -0.2) is 14.4 Å². The van der Waals surface area contributed by atoms with Crippen LogP contribution in [0.2, 0.25) is 5.02 Å². The summed E-state index contributed by atoms with van der Waals surface area (Å²) in [7, 11) is 1.44. The monoisotopic (exact) mass is 827 g/mol. The molecule has 0 spiro atoms. The van der Waals surface area contributed by atoms with Crippen LogP contribution in [-0.2, 0) is 9.59 Å². The molecular weight excluding hydrogens is 781 g/mol. The number of nitriles is 1. The highest BCUT2D eigenvalue weighted by Crippen LogP contribution is 2.30. The summed E-state index contributed by atoms with van der Waals surface area (Å²) in [6, 6.07) is 9.21. The van der Waals surface area contributed by atoms with Crippen LogP contribution in [0.3, 0.4) is 0 Å². The van der Waals surface area contributed by atoms with Gasteiger partial charge < -0.3 is 30.1 Å². The maximum atomic E-state index is 15.3. The summed E-state index contributed by atoms with van der Waals surface area (Å²) in [4.78, 5) is 76.6. The zero-order valence-corrected chi connectivity index (χ0v) is 33.5. The van der Waals surface area contributed by atoms with E-state index in [-0.39, 0.29) is 59.4 Å². The Morgan fingerprint density at radius 3 is 2.25 bits per heavy atom. The third-order valence-corrected chi connectivity index (χ3v) is 12.2. The Balaban J connectivity index is 0.840. The number of piperidine rings is 3. The van der Waals surface area contributed by atoms with Crippen molar-refractivity contribution in [2.75, 3.05) is 43.0 Å². The Hall–Kier alpha value is -5.66. The van der Waals surface area contributed by atoms with Gasteiger partial charge in [-0.05, 0) is 82.1 Å². The summed E-state index contributed by atoms with van der Waals surface area (Å²) >= 11 is 6.14. The second-order valence-corrected chi connectivity index (χ2v) is 16.1.